The van der Waals surface area contributed by atoms with Gasteiger partial charge in [-0.25, -0.2) is 0 Å². The van der Waals surface area contributed by atoms with Gasteiger partial charge in [0.15, 0.2) is 0 Å². The maximum atomic E-state index is 12.5. The van der Waals surface area contributed by atoms with Gasteiger partial charge in [0, 0.05) is 19.3 Å². The van der Waals surface area contributed by atoms with E-state index in [0.29, 0.717) is 32.7 Å². The molecule has 3 N–H and O–H groups in total. The van der Waals surface area contributed by atoms with Gasteiger partial charge in [-0.15, -0.1) is 0 Å². The first kappa shape index (κ1) is 20.4. The van der Waals surface area contributed by atoms with E-state index >= 15 is 0 Å². The summed E-state index contributed by atoms with van der Waals surface area (Å²) >= 11 is 0. The van der Waals surface area contributed by atoms with Crippen molar-refractivity contribution in [3.63, 3.8) is 0 Å². The van der Waals surface area contributed by atoms with E-state index in [1.54, 1.807) is 0 Å². The normalized spacial score (nSPS) is 17.0. The Balaban J connectivity index is 1.47. The van der Waals surface area contributed by atoms with Crippen LogP contribution in [-0.4, -0.2) is 30.7 Å². The third-order valence-electron chi connectivity index (χ3n) is 5.21. The fourth-order valence-electron chi connectivity index (χ4n) is 3.31. The SMILES string of the molecule is Cc1ccc(COc2ccc(CC(C)NC(=O)C3(N)CCOCC3)cc2)cc1. The van der Waals surface area contributed by atoms with Gasteiger partial charge in [-0.2, -0.15) is 0 Å². The lowest BCUT2D eigenvalue weighted by molar-refractivity contribution is -0.130. The molecule has 1 saturated heterocycles. The highest BCUT2D eigenvalue weighted by Gasteiger charge is 2.36. The fraction of sp³-hybridized carbons (Fsp3) is 0.435. The summed E-state index contributed by atoms with van der Waals surface area (Å²) in [5.41, 5.74) is 8.98. The number of rotatable bonds is 7. The lowest BCUT2D eigenvalue weighted by Gasteiger charge is -2.33. The molecule has 2 aromatic rings. The Hall–Kier alpha value is -2.37. The minimum absolute atomic E-state index is 0.00935. The predicted octanol–water partition coefficient (Wildman–Crippen LogP) is 3.13. The molecule has 150 valence electrons. The first-order chi connectivity index (χ1) is 13.4. The highest BCUT2D eigenvalue weighted by molar-refractivity contribution is 5.86. The number of amides is 1. The third kappa shape index (κ3) is 5.57. The average Bonchev–Trinajstić information content (AvgIpc) is 2.69. The number of ether oxygens (including phenoxy) is 2. The molecular weight excluding hydrogens is 352 g/mol. The Morgan fingerprint density at radius 2 is 1.71 bits per heavy atom. The molecule has 1 fully saturated rings. The number of hydrogen-bond donors (Lipinski definition) is 2. The van der Waals surface area contributed by atoms with Crippen molar-refractivity contribution in [2.24, 2.45) is 5.73 Å². The lowest BCUT2D eigenvalue weighted by atomic mass is 9.90. The van der Waals surface area contributed by atoms with Gasteiger partial charge in [-0.3, -0.25) is 4.79 Å². The summed E-state index contributed by atoms with van der Waals surface area (Å²) in [5, 5.41) is 3.05. The van der Waals surface area contributed by atoms with Crippen LogP contribution in [0, 0.1) is 6.92 Å². The summed E-state index contributed by atoms with van der Waals surface area (Å²) in [5.74, 6) is 0.755. The van der Waals surface area contributed by atoms with Crippen molar-refractivity contribution in [1.29, 1.82) is 0 Å². The van der Waals surface area contributed by atoms with Gasteiger partial charge in [-0.1, -0.05) is 42.0 Å². The van der Waals surface area contributed by atoms with Crippen LogP contribution in [-0.2, 0) is 22.6 Å². The third-order valence-corrected chi connectivity index (χ3v) is 5.21. The van der Waals surface area contributed by atoms with Gasteiger partial charge in [0.1, 0.15) is 12.4 Å². The van der Waals surface area contributed by atoms with Crippen LogP contribution in [0.1, 0.15) is 36.5 Å². The number of nitrogens with one attached hydrogen (secondary N) is 1. The summed E-state index contributed by atoms with van der Waals surface area (Å²) in [7, 11) is 0. The monoisotopic (exact) mass is 382 g/mol. The maximum absolute atomic E-state index is 12.5. The molecule has 1 atom stereocenters. The van der Waals surface area contributed by atoms with E-state index in [9.17, 15) is 4.79 Å². The van der Waals surface area contributed by atoms with E-state index in [1.807, 2.05) is 31.2 Å². The molecule has 1 amide bonds. The summed E-state index contributed by atoms with van der Waals surface area (Å²) in [6.45, 7) is 5.71. The molecule has 0 saturated carbocycles. The predicted molar refractivity (Wildman–Crippen MR) is 110 cm³/mol. The van der Waals surface area contributed by atoms with Gasteiger partial charge < -0.3 is 20.5 Å². The molecule has 28 heavy (non-hydrogen) atoms. The van der Waals surface area contributed by atoms with Crippen LogP contribution < -0.4 is 15.8 Å². The van der Waals surface area contributed by atoms with E-state index in [1.165, 1.54) is 5.56 Å². The van der Waals surface area contributed by atoms with Crippen LogP contribution in [0.15, 0.2) is 48.5 Å². The lowest BCUT2D eigenvalue weighted by Crippen LogP contribution is -2.58. The van der Waals surface area contributed by atoms with Crippen molar-refractivity contribution < 1.29 is 14.3 Å². The molecule has 1 aliphatic heterocycles. The molecule has 3 rings (SSSR count). The molecule has 2 aromatic carbocycles. The number of hydrogen-bond acceptors (Lipinski definition) is 4. The minimum atomic E-state index is -0.805. The second-order valence-electron chi connectivity index (χ2n) is 7.77. The molecule has 1 aliphatic rings. The zero-order valence-corrected chi connectivity index (χ0v) is 16.7. The largest absolute Gasteiger partial charge is 0.489 e. The Morgan fingerprint density at radius 3 is 2.36 bits per heavy atom. The van der Waals surface area contributed by atoms with E-state index in [-0.39, 0.29) is 11.9 Å². The number of aryl methyl sites for hydroxylation is 1. The second-order valence-corrected chi connectivity index (χ2v) is 7.77. The molecular formula is C23H30N2O3. The number of benzene rings is 2. The summed E-state index contributed by atoms with van der Waals surface area (Å²) < 4.78 is 11.2. The van der Waals surface area contributed by atoms with Crippen LogP contribution in [0.3, 0.4) is 0 Å². The van der Waals surface area contributed by atoms with Crippen molar-refractivity contribution in [3.8, 4) is 5.75 Å². The number of carbonyl (C=O) groups excluding carboxylic acids is 1. The van der Waals surface area contributed by atoms with Crippen LogP contribution >= 0.6 is 0 Å². The molecule has 0 spiro atoms. The molecule has 1 heterocycles. The second kappa shape index (κ2) is 9.22. The number of carbonyl (C=O) groups is 1. The van der Waals surface area contributed by atoms with E-state index in [0.717, 1.165) is 23.3 Å². The standard InChI is InChI=1S/C23H30N2O3/c1-17-3-5-20(6-4-17)16-28-21-9-7-19(8-10-21)15-18(2)25-22(26)23(24)11-13-27-14-12-23/h3-10,18H,11-16,24H2,1-2H3,(H,25,26). The topological polar surface area (TPSA) is 73.6 Å². The fourth-order valence-corrected chi connectivity index (χ4v) is 3.31. The molecule has 0 aliphatic carbocycles. The van der Waals surface area contributed by atoms with Gasteiger partial charge in [0.2, 0.25) is 5.91 Å². The highest BCUT2D eigenvalue weighted by Crippen LogP contribution is 2.19. The van der Waals surface area contributed by atoms with Crippen molar-refractivity contribution >= 4 is 5.91 Å². The Labute approximate surface area is 167 Å². The Bertz CT molecular complexity index is 765. The highest BCUT2D eigenvalue weighted by atomic mass is 16.5. The van der Waals surface area contributed by atoms with Crippen LogP contribution in [0.25, 0.3) is 0 Å². The van der Waals surface area contributed by atoms with Gasteiger partial charge in [-0.05, 0) is 56.4 Å². The van der Waals surface area contributed by atoms with Crippen LogP contribution in [0.4, 0.5) is 0 Å². The van der Waals surface area contributed by atoms with Gasteiger partial charge >= 0.3 is 0 Å². The minimum Gasteiger partial charge on any atom is -0.489 e. The first-order valence-electron chi connectivity index (χ1n) is 9.89. The van der Waals surface area contributed by atoms with E-state index in [2.05, 4.69) is 36.5 Å². The van der Waals surface area contributed by atoms with Crippen LogP contribution in [0.5, 0.6) is 5.75 Å². The summed E-state index contributed by atoms with van der Waals surface area (Å²) in [6, 6.07) is 16.4. The van der Waals surface area contributed by atoms with E-state index in [4.69, 9.17) is 15.2 Å². The molecule has 0 aromatic heterocycles. The Kier molecular flexibility index (Phi) is 6.70. The quantitative estimate of drug-likeness (QED) is 0.772. The smallest absolute Gasteiger partial charge is 0.240 e. The summed E-state index contributed by atoms with van der Waals surface area (Å²) in [4.78, 5) is 12.5. The average molecular weight is 383 g/mol. The van der Waals surface area contributed by atoms with Crippen molar-refractivity contribution in [2.75, 3.05) is 13.2 Å². The molecule has 0 bridgehead atoms. The Morgan fingerprint density at radius 1 is 1.11 bits per heavy atom. The molecule has 5 heteroatoms. The zero-order chi connectivity index (χ0) is 20.0. The first-order valence-corrected chi connectivity index (χ1v) is 9.89. The maximum Gasteiger partial charge on any atom is 0.240 e. The van der Waals surface area contributed by atoms with Gasteiger partial charge in [0.25, 0.3) is 0 Å². The van der Waals surface area contributed by atoms with Crippen molar-refractivity contribution in [2.45, 2.75) is 51.3 Å². The van der Waals surface area contributed by atoms with Crippen molar-refractivity contribution in [3.05, 3.63) is 65.2 Å². The molecule has 5 nitrogen and oxygen atoms in total. The van der Waals surface area contributed by atoms with Gasteiger partial charge in [0.05, 0.1) is 5.54 Å². The molecule has 1 unspecified atom stereocenters. The van der Waals surface area contributed by atoms with Crippen molar-refractivity contribution in [1.82, 2.24) is 5.32 Å². The van der Waals surface area contributed by atoms with E-state index < -0.39 is 5.54 Å². The summed E-state index contributed by atoms with van der Waals surface area (Å²) in [6.07, 6.45) is 1.88. The zero-order valence-electron chi connectivity index (χ0n) is 16.7. The van der Waals surface area contributed by atoms with Crippen LogP contribution in [0.2, 0.25) is 0 Å². The molecule has 0 radical (unpaired) electrons. The number of nitrogens with two attached hydrogens (primary N) is 1.